The van der Waals surface area contributed by atoms with Crippen molar-refractivity contribution in [2.75, 3.05) is 25.4 Å². The first kappa shape index (κ1) is 19.0. The van der Waals surface area contributed by atoms with Crippen LogP contribution in [0.3, 0.4) is 0 Å². The van der Waals surface area contributed by atoms with E-state index in [2.05, 4.69) is 9.55 Å². The van der Waals surface area contributed by atoms with Gasteiger partial charge in [0.15, 0.2) is 0 Å². The molecule has 1 saturated heterocycles. The average Bonchev–Trinajstić information content (AvgIpc) is 2.91. The summed E-state index contributed by atoms with van der Waals surface area (Å²) >= 11 is 0. The van der Waals surface area contributed by atoms with Gasteiger partial charge in [0.25, 0.3) is 5.91 Å². The predicted molar refractivity (Wildman–Crippen MR) is 112 cm³/mol. The molecule has 0 radical (unpaired) electrons. The highest BCUT2D eigenvalue weighted by Crippen LogP contribution is 2.35. The molecule has 2 amide bonds. The summed E-state index contributed by atoms with van der Waals surface area (Å²) in [4.78, 5) is 30.2. The summed E-state index contributed by atoms with van der Waals surface area (Å²) in [6.45, 7) is 7.48. The molecule has 8 heteroatoms. The van der Waals surface area contributed by atoms with Crippen molar-refractivity contribution in [3.05, 3.63) is 35.9 Å². The van der Waals surface area contributed by atoms with Crippen LogP contribution in [0.15, 0.2) is 30.3 Å². The molecule has 1 aliphatic rings. The number of hydrogen-bond acceptors (Lipinski definition) is 5. The second-order valence-electron chi connectivity index (χ2n) is 8.72. The second-order valence-corrected chi connectivity index (χ2v) is 8.72. The van der Waals surface area contributed by atoms with Gasteiger partial charge in [-0.05, 0) is 17.5 Å². The Hall–Kier alpha value is -3.29. The number of benzene rings is 1. The number of ether oxygens (including phenoxy) is 1. The minimum atomic E-state index is -0.606. The molecule has 0 unspecified atom stereocenters. The molecule has 0 aliphatic carbocycles. The lowest BCUT2D eigenvalue weighted by molar-refractivity contribution is 0.0395. The molecule has 1 aromatic carbocycles. The number of nitrogen functional groups attached to an aromatic ring is 1. The van der Waals surface area contributed by atoms with E-state index in [0.29, 0.717) is 25.3 Å². The maximum atomic E-state index is 12.3. The number of nitrogens with two attached hydrogens (primary N) is 2. The van der Waals surface area contributed by atoms with Gasteiger partial charge in [0.1, 0.15) is 11.5 Å². The zero-order valence-electron chi connectivity index (χ0n) is 16.8. The predicted octanol–water partition coefficient (Wildman–Crippen LogP) is 2.91. The molecule has 3 aromatic rings. The van der Waals surface area contributed by atoms with Crippen molar-refractivity contribution in [3.8, 4) is 0 Å². The first-order chi connectivity index (χ1) is 13.7. The Morgan fingerprint density at radius 1 is 1.21 bits per heavy atom. The van der Waals surface area contributed by atoms with E-state index < -0.39 is 5.91 Å². The average molecular weight is 395 g/mol. The third-order valence-electron chi connectivity index (χ3n) is 5.09. The molecule has 29 heavy (non-hydrogen) atoms. The number of aromatic nitrogens is 2. The number of anilines is 1. The summed E-state index contributed by atoms with van der Waals surface area (Å²) < 4.78 is 7.49. The lowest BCUT2D eigenvalue weighted by Crippen LogP contribution is -2.51. The van der Waals surface area contributed by atoms with E-state index in [4.69, 9.17) is 16.2 Å². The van der Waals surface area contributed by atoms with Gasteiger partial charge in [-0.25, -0.2) is 9.78 Å². The summed E-state index contributed by atoms with van der Waals surface area (Å²) in [7, 11) is 0. The fraction of sp³-hybridized carbons (Fsp3) is 0.381. The van der Waals surface area contributed by atoms with Crippen molar-refractivity contribution in [1.29, 1.82) is 0 Å². The van der Waals surface area contributed by atoms with E-state index in [1.54, 1.807) is 11.0 Å². The van der Waals surface area contributed by atoms with Crippen LogP contribution in [0, 0.1) is 5.41 Å². The number of carbonyl (C=O) groups is 2. The third-order valence-corrected chi connectivity index (χ3v) is 5.09. The second kappa shape index (κ2) is 6.65. The number of pyridine rings is 1. The lowest BCUT2D eigenvalue weighted by Gasteiger charge is -2.40. The molecule has 0 spiro atoms. The van der Waals surface area contributed by atoms with Gasteiger partial charge < -0.3 is 25.7 Å². The van der Waals surface area contributed by atoms with E-state index in [9.17, 15) is 9.59 Å². The van der Waals surface area contributed by atoms with Gasteiger partial charge in [0.05, 0.1) is 23.7 Å². The van der Waals surface area contributed by atoms with Crippen LogP contribution in [0.5, 0.6) is 0 Å². The van der Waals surface area contributed by atoms with Crippen LogP contribution in [0.2, 0.25) is 0 Å². The summed E-state index contributed by atoms with van der Waals surface area (Å²) in [5.74, 6) is -0.500. The first-order valence-electron chi connectivity index (χ1n) is 9.56. The zero-order chi connectivity index (χ0) is 20.9. The fourth-order valence-corrected chi connectivity index (χ4v) is 3.63. The molecule has 0 saturated carbocycles. The van der Waals surface area contributed by atoms with Crippen LogP contribution in [0.1, 0.15) is 37.2 Å². The van der Waals surface area contributed by atoms with Crippen LogP contribution in [-0.2, 0) is 4.74 Å². The molecule has 152 valence electrons. The molecule has 1 aliphatic heterocycles. The summed E-state index contributed by atoms with van der Waals surface area (Å²) in [5.41, 5.74) is 13.2. The number of rotatable bonds is 3. The largest absolute Gasteiger partial charge is 0.449 e. The quantitative estimate of drug-likeness (QED) is 0.707. The minimum Gasteiger partial charge on any atom is -0.449 e. The third kappa shape index (κ3) is 3.35. The molecule has 0 bridgehead atoms. The zero-order valence-corrected chi connectivity index (χ0v) is 16.8. The van der Waals surface area contributed by atoms with Crippen LogP contribution < -0.4 is 11.5 Å². The van der Waals surface area contributed by atoms with E-state index >= 15 is 0 Å². The highest BCUT2D eigenvalue weighted by Gasteiger charge is 2.35. The number of primary amides is 1. The number of carbonyl (C=O) groups excluding carboxylic acids is 2. The highest BCUT2D eigenvalue weighted by atomic mass is 16.6. The maximum absolute atomic E-state index is 12.3. The number of nitrogens with zero attached hydrogens (tertiary/aromatic N) is 3. The Labute approximate surface area is 168 Å². The Bertz CT molecular complexity index is 1120. The Morgan fingerprint density at radius 3 is 2.55 bits per heavy atom. The van der Waals surface area contributed by atoms with E-state index in [0.717, 1.165) is 16.3 Å². The smallest absolute Gasteiger partial charge is 0.409 e. The number of hydrogen-bond donors (Lipinski definition) is 2. The molecule has 1 fully saturated rings. The molecule has 4 rings (SSSR count). The minimum absolute atomic E-state index is 0.0471. The number of para-hydroxylation sites is 1. The van der Waals surface area contributed by atoms with Crippen molar-refractivity contribution < 1.29 is 14.3 Å². The van der Waals surface area contributed by atoms with Crippen LogP contribution in [0.25, 0.3) is 21.9 Å². The molecular weight excluding hydrogens is 370 g/mol. The van der Waals surface area contributed by atoms with E-state index in [1.807, 2.05) is 45.0 Å². The summed E-state index contributed by atoms with van der Waals surface area (Å²) in [5, 5.41) is 1.78. The van der Waals surface area contributed by atoms with Gasteiger partial charge in [-0.2, -0.15) is 0 Å². The van der Waals surface area contributed by atoms with Gasteiger partial charge in [0.2, 0.25) is 0 Å². The van der Waals surface area contributed by atoms with Crippen molar-refractivity contribution in [2.45, 2.75) is 26.8 Å². The van der Waals surface area contributed by atoms with Gasteiger partial charge in [0, 0.05) is 23.9 Å². The Morgan fingerprint density at radius 2 is 1.90 bits per heavy atom. The first-order valence-corrected chi connectivity index (χ1v) is 9.56. The van der Waals surface area contributed by atoms with Crippen molar-refractivity contribution in [1.82, 2.24) is 14.5 Å². The van der Waals surface area contributed by atoms with Gasteiger partial charge >= 0.3 is 6.09 Å². The van der Waals surface area contributed by atoms with Gasteiger partial charge in [-0.3, -0.25) is 4.79 Å². The SMILES string of the molecule is CC(C)(C)COC(=O)N1CC(n2c3ccccc3c3cc(C(N)=O)c(N)nc32)C1. The highest BCUT2D eigenvalue weighted by molar-refractivity contribution is 6.10. The normalized spacial score (nSPS) is 14.9. The molecule has 8 nitrogen and oxygen atoms in total. The van der Waals surface area contributed by atoms with E-state index in [-0.39, 0.29) is 28.9 Å². The standard InChI is InChI=1S/C21H25N5O3/c1-21(2,3)11-29-20(28)25-9-12(10-25)26-16-7-5-4-6-13(16)14-8-15(18(23)27)17(22)24-19(14)26/h4-8,12H,9-11H2,1-3H3,(H2,22,24)(H2,23,27). The van der Waals surface area contributed by atoms with Crippen molar-refractivity contribution in [3.63, 3.8) is 0 Å². The molecular formula is C21H25N5O3. The number of likely N-dealkylation sites (tertiary alicyclic amines) is 1. The maximum Gasteiger partial charge on any atom is 0.409 e. The molecule has 0 atom stereocenters. The fourth-order valence-electron chi connectivity index (χ4n) is 3.63. The van der Waals surface area contributed by atoms with Gasteiger partial charge in [-0.1, -0.05) is 39.0 Å². The summed E-state index contributed by atoms with van der Waals surface area (Å²) in [6, 6.07) is 9.61. The lowest BCUT2D eigenvalue weighted by atomic mass is 9.99. The van der Waals surface area contributed by atoms with Crippen molar-refractivity contribution in [2.24, 2.45) is 11.1 Å². The monoisotopic (exact) mass is 395 g/mol. The summed E-state index contributed by atoms with van der Waals surface area (Å²) in [6.07, 6.45) is -0.305. The molecule has 2 aromatic heterocycles. The number of fused-ring (bicyclic) bond motifs is 3. The van der Waals surface area contributed by atoms with E-state index in [1.165, 1.54) is 0 Å². The van der Waals surface area contributed by atoms with Crippen LogP contribution >= 0.6 is 0 Å². The molecule has 4 N–H and O–H groups in total. The van der Waals surface area contributed by atoms with Crippen LogP contribution in [0.4, 0.5) is 10.6 Å². The Kier molecular flexibility index (Phi) is 4.37. The topological polar surface area (TPSA) is 116 Å². The Balaban J connectivity index is 1.67. The molecule has 3 heterocycles. The van der Waals surface area contributed by atoms with Crippen LogP contribution in [-0.4, -0.2) is 46.1 Å². The van der Waals surface area contributed by atoms with Gasteiger partial charge in [-0.15, -0.1) is 0 Å². The number of amides is 2. The van der Waals surface area contributed by atoms with Crippen molar-refractivity contribution >= 4 is 39.8 Å².